The Morgan fingerprint density at radius 2 is 1.63 bits per heavy atom. The van der Waals surface area contributed by atoms with Gasteiger partial charge in [-0.2, -0.15) is 0 Å². The molecule has 0 aliphatic heterocycles. The largest absolute Gasteiger partial charge is 0.340 e. The van der Waals surface area contributed by atoms with Crippen LogP contribution in [0.15, 0.2) is 53.4 Å². The van der Waals surface area contributed by atoms with E-state index in [4.69, 9.17) is 10.7 Å². The predicted octanol–water partition coefficient (Wildman–Crippen LogP) is 2.90. The van der Waals surface area contributed by atoms with Gasteiger partial charge in [0.2, 0.25) is 5.91 Å². The summed E-state index contributed by atoms with van der Waals surface area (Å²) in [6.45, 7) is 0. The van der Waals surface area contributed by atoms with Crippen LogP contribution < -0.4 is 10.6 Å². The van der Waals surface area contributed by atoms with Crippen molar-refractivity contribution in [1.29, 1.82) is 0 Å². The summed E-state index contributed by atoms with van der Waals surface area (Å²) in [5.41, 5.74) is 0.636. The molecule has 1 unspecified atom stereocenters. The number of amides is 2. The Morgan fingerprint density at radius 3 is 2.15 bits per heavy atom. The van der Waals surface area contributed by atoms with E-state index in [9.17, 15) is 22.4 Å². The Balaban J connectivity index is 1.68. The maximum absolute atomic E-state index is 13.0. The molecule has 3 rings (SSSR count). The van der Waals surface area contributed by atoms with Gasteiger partial charge in [0.15, 0.2) is 0 Å². The van der Waals surface area contributed by atoms with Crippen molar-refractivity contribution < 1.29 is 22.4 Å². The molecule has 0 aromatic heterocycles. The van der Waals surface area contributed by atoms with Crippen LogP contribution in [0.2, 0.25) is 0 Å². The van der Waals surface area contributed by atoms with Gasteiger partial charge in [0, 0.05) is 21.9 Å². The van der Waals surface area contributed by atoms with Crippen LogP contribution in [0.3, 0.4) is 0 Å². The summed E-state index contributed by atoms with van der Waals surface area (Å²) in [6, 6.07) is 9.69. The number of rotatable bonds is 6. The Bertz CT molecular complexity index is 958. The van der Waals surface area contributed by atoms with E-state index >= 15 is 0 Å². The molecule has 2 N–H and O–H groups in total. The second kappa shape index (κ2) is 7.66. The number of halogens is 2. The molecule has 6 nitrogen and oxygen atoms in total. The van der Waals surface area contributed by atoms with Crippen LogP contribution in [0.5, 0.6) is 0 Å². The second-order valence-corrected chi connectivity index (χ2v) is 8.81. The van der Waals surface area contributed by atoms with Crippen LogP contribution in [0.1, 0.15) is 23.2 Å². The van der Waals surface area contributed by atoms with Crippen molar-refractivity contribution in [3.63, 3.8) is 0 Å². The van der Waals surface area contributed by atoms with Gasteiger partial charge in [0.25, 0.3) is 15.0 Å². The first-order chi connectivity index (χ1) is 12.7. The minimum absolute atomic E-state index is 0.0249. The van der Waals surface area contributed by atoms with Gasteiger partial charge in [-0.3, -0.25) is 9.59 Å². The number of benzene rings is 2. The van der Waals surface area contributed by atoms with E-state index in [1.54, 1.807) is 0 Å². The minimum atomic E-state index is -3.84. The van der Waals surface area contributed by atoms with Crippen LogP contribution >= 0.6 is 10.7 Å². The van der Waals surface area contributed by atoms with E-state index in [0.717, 1.165) is 12.8 Å². The lowest BCUT2D eigenvalue weighted by Crippen LogP contribution is -2.45. The fourth-order valence-corrected chi connectivity index (χ4v) is 3.34. The van der Waals surface area contributed by atoms with Gasteiger partial charge >= 0.3 is 0 Å². The van der Waals surface area contributed by atoms with Crippen molar-refractivity contribution in [1.82, 2.24) is 5.32 Å². The predicted molar refractivity (Wildman–Crippen MR) is 98.5 cm³/mol. The molecule has 1 aliphatic rings. The normalized spacial score (nSPS) is 15.0. The molecular weight excluding hydrogens is 395 g/mol. The molecule has 2 amide bonds. The maximum atomic E-state index is 13.0. The lowest BCUT2D eigenvalue weighted by Gasteiger charge is -2.18. The standard InChI is InChI=1S/C18H16ClFN2O4S/c19-27(25,26)15-9-7-14(8-10-15)21-18(24)16(11-1-2-11)22-17(23)12-3-5-13(20)6-4-12/h3-11,16H,1-2H2,(H,21,24)(H,22,23). The molecular formula is C18H16ClFN2O4S. The average molecular weight is 411 g/mol. The van der Waals surface area contributed by atoms with Crippen molar-refractivity contribution in [3.05, 3.63) is 59.9 Å². The van der Waals surface area contributed by atoms with Gasteiger partial charge in [-0.05, 0) is 67.3 Å². The van der Waals surface area contributed by atoms with E-state index in [2.05, 4.69) is 10.6 Å². The highest BCUT2D eigenvalue weighted by molar-refractivity contribution is 8.13. The van der Waals surface area contributed by atoms with Gasteiger partial charge in [0.05, 0.1) is 4.90 Å². The number of carbonyl (C=O) groups is 2. The zero-order chi connectivity index (χ0) is 19.6. The molecule has 1 saturated carbocycles. The summed E-state index contributed by atoms with van der Waals surface area (Å²) in [6.07, 6.45) is 1.62. The number of hydrogen-bond donors (Lipinski definition) is 2. The van der Waals surface area contributed by atoms with Gasteiger partial charge in [-0.1, -0.05) is 0 Å². The van der Waals surface area contributed by atoms with Gasteiger partial charge in [0.1, 0.15) is 11.9 Å². The molecule has 0 bridgehead atoms. The molecule has 2 aromatic rings. The Kier molecular flexibility index (Phi) is 5.48. The van der Waals surface area contributed by atoms with Crippen molar-refractivity contribution in [3.8, 4) is 0 Å². The molecule has 2 aromatic carbocycles. The number of hydrogen-bond acceptors (Lipinski definition) is 4. The number of nitrogens with one attached hydrogen (secondary N) is 2. The molecule has 142 valence electrons. The van der Waals surface area contributed by atoms with Crippen LogP contribution in [0.4, 0.5) is 10.1 Å². The molecule has 9 heteroatoms. The fraction of sp³-hybridized carbons (Fsp3) is 0.222. The first-order valence-corrected chi connectivity index (χ1v) is 10.5. The Labute approximate surface area is 160 Å². The molecule has 0 radical (unpaired) electrons. The summed E-state index contributed by atoms with van der Waals surface area (Å²) >= 11 is 0. The van der Waals surface area contributed by atoms with E-state index in [-0.39, 0.29) is 16.4 Å². The SMILES string of the molecule is O=C(NC(C(=O)Nc1ccc(S(=O)(=O)Cl)cc1)C1CC1)c1ccc(F)cc1. The zero-order valence-corrected chi connectivity index (χ0v) is 15.6. The Morgan fingerprint density at radius 1 is 1.04 bits per heavy atom. The molecule has 1 fully saturated rings. The van der Waals surface area contributed by atoms with E-state index in [1.165, 1.54) is 48.5 Å². The fourth-order valence-electron chi connectivity index (χ4n) is 2.57. The summed E-state index contributed by atoms with van der Waals surface area (Å²) in [5, 5.41) is 5.34. The third kappa shape index (κ3) is 5.05. The van der Waals surface area contributed by atoms with Gasteiger partial charge in [-0.15, -0.1) is 0 Å². The number of carbonyl (C=O) groups excluding carboxylic acids is 2. The average Bonchev–Trinajstić information content (AvgIpc) is 3.44. The molecule has 1 atom stereocenters. The van der Waals surface area contributed by atoms with Crippen molar-refractivity contribution in [2.24, 2.45) is 5.92 Å². The molecule has 1 aliphatic carbocycles. The van der Waals surface area contributed by atoms with Crippen LogP contribution in [0, 0.1) is 11.7 Å². The van der Waals surface area contributed by atoms with Gasteiger partial charge < -0.3 is 10.6 Å². The third-order valence-electron chi connectivity index (χ3n) is 4.17. The molecule has 27 heavy (non-hydrogen) atoms. The minimum Gasteiger partial charge on any atom is -0.340 e. The second-order valence-electron chi connectivity index (χ2n) is 6.25. The Hall–Kier alpha value is -2.45. The first-order valence-electron chi connectivity index (χ1n) is 8.16. The van der Waals surface area contributed by atoms with Crippen molar-refractivity contribution >= 4 is 37.2 Å². The van der Waals surface area contributed by atoms with E-state index in [0.29, 0.717) is 5.69 Å². The monoisotopic (exact) mass is 410 g/mol. The third-order valence-corrected chi connectivity index (χ3v) is 5.54. The lowest BCUT2D eigenvalue weighted by molar-refractivity contribution is -0.118. The highest BCUT2D eigenvalue weighted by Crippen LogP contribution is 2.33. The summed E-state index contributed by atoms with van der Waals surface area (Å²) in [5.74, 6) is -1.30. The van der Waals surface area contributed by atoms with Crippen molar-refractivity contribution in [2.75, 3.05) is 5.32 Å². The number of anilines is 1. The topological polar surface area (TPSA) is 92.3 Å². The molecule has 0 spiro atoms. The smallest absolute Gasteiger partial charge is 0.261 e. The van der Waals surface area contributed by atoms with Crippen LogP contribution in [-0.2, 0) is 13.8 Å². The maximum Gasteiger partial charge on any atom is 0.261 e. The summed E-state index contributed by atoms with van der Waals surface area (Å²) in [4.78, 5) is 24.8. The zero-order valence-electron chi connectivity index (χ0n) is 14.0. The highest BCUT2D eigenvalue weighted by Gasteiger charge is 2.37. The first kappa shape index (κ1) is 19.3. The van der Waals surface area contributed by atoms with Crippen LogP contribution in [-0.4, -0.2) is 26.3 Å². The van der Waals surface area contributed by atoms with E-state index < -0.39 is 32.7 Å². The van der Waals surface area contributed by atoms with Crippen molar-refractivity contribution in [2.45, 2.75) is 23.8 Å². The lowest BCUT2D eigenvalue weighted by atomic mass is 10.1. The molecule has 0 heterocycles. The molecule has 0 saturated heterocycles. The van der Waals surface area contributed by atoms with E-state index in [1.807, 2.05) is 0 Å². The summed E-state index contributed by atoms with van der Waals surface area (Å²) in [7, 11) is 1.41. The highest BCUT2D eigenvalue weighted by atomic mass is 35.7. The summed E-state index contributed by atoms with van der Waals surface area (Å²) < 4.78 is 35.5. The van der Waals surface area contributed by atoms with Gasteiger partial charge in [-0.25, -0.2) is 12.8 Å². The van der Waals surface area contributed by atoms with Crippen LogP contribution in [0.25, 0.3) is 0 Å². The quantitative estimate of drug-likeness (QED) is 0.716.